The number of hydrogen-bond donors (Lipinski definition) is 2. The Morgan fingerprint density at radius 3 is 2.87 bits per heavy atom. The molecule has 0 aliphatic heterocycles. The summed E-state index contributed by atoms with van der Waals surface area (Å²) in [7, 11) is 0. The number of pyridine rings is 1. The maximum Gasteiger partial charge on any atom is 0.0669 e. The molecule has 1 aromatic rings. The topological polar surface area (TPSA) is 50.9 Å². The van der Waals surface area contributed by atoms with Crippen molar-refractivity contribution in [2.75, 3.05) is 0 Å². The second kappa shape index (κ2) is 6.00. The molecule has 0 fully saturated rings. The Kier molecular flexibility index (Phi) is 4.94. The van der Waals surface area contributed by atoms with Gasteiger partial charge in [-0.1, -0.05) is 19.1 Å². The van der Waals surface area contributed by atoms with Crippen LogP contribution in [0.2, 0.25) is 0 Å². The molecular formula is C11H16BrN3. The molecule has 3 N–H and O–H groups in total. The van der Waals surface area contributed by atoms with Gasteiger partial charge in [-0.2, -0.15) is 0 Å². The van der Waals surface area contributed by atoms with E-state index < -0.39 is 0 Å². The highest BCUT2D eigenvalue weighted by atomic mass is 79.9. The minimum Gasteiger partial charge on any atom is -0.271 e. The molecule has 0 aromatic carbocycles. The van der Waals surface area contributed by atoms with Gasteiger partial charge in [0.15, 0.2) is 0 Å². The summed E-state index contributed by atoms with van der Waals surface area (Å²) in [6, 6.07) is 3.96. The van der Waals surface area contributed by atoms with E-state index in [9.17, 15) is 0 Å². The molecule has 1 atom stereocenters. The second-order valence-electron chi connectivity index (χ2n) is 3.43. The lowest BCUT2D eigenvalue weighted by Gasteiger charge is -2.16. The second-order valence-corrected chi connectivity index (χ2v) is 4.34. The number of nitrogens with one attached hydrogen (secondary N) is 1. The zero-order valence-corrected chi connectivity index (χ0v) is 10.4. The number of nitrogens with two attached hydrogens (primary N) is 1. The summed E-state index contributed by atoms with van der Waals surface area (Å²) in [6.07, 6.45) is 3.56. The first-order chi connectivity index (χ1) is 7.17. The summed E-state index contributed by atoms with van der Waals surface area (Å²) in [6.45, 7) is 6.06. The Labute approximate surface area is 98.9 Å². The summed E-state index contributed by atoms with van der Waals surface area (Å²) in [4.78, 5) is 4.31. The van der Waals surface area contributed by atoms with Gasteiger partial charge in [-0.3, -0.25) is 16.3 Å². The molecule has 3 nitrogen and oxygen atoms in total. The van der Waals surface area contributed by atoms with Crippen LogP contribution in [0.1, 0.15) is 31.5 Å². The minimum atomic E-state index is 0.0468. The van der Waals surface area contributed by atoms with Gasteiger partial charge in [-0.15, -0.1) is 0 Å². The monoisotopic (exact) mass is 269 g/mol. The molecule has 0 amide bonds. The van der Waals surface area contributed by atoms with E-state index in [4.69, 9.17) is 5.84 Å². The average Bonchev–Trinajstić information content (AvgIpc) is 2.27. The van der Waals surface area contributed by atoms with Gasteiger partial charge < -0.3 is 0 Å². The molecule has 0 radical (unpaired) electrons. The van der Waals surface area contributed by atoms with Crippen molar-refractivity contribution in [2.24, 2.45) is 5.84 Å². The van der Waals surface area contributed by atoms with E-state index in [2.05, 4.69) is 39.8 Å². The molecule has 0 bridgehead atoms. The summed E-state index contributed by atoms with van der Waals surface area (Å²) >= 11 is 3.35. The molecule has 0 saturated heterocycles. The fourth-order valence-corrected chi connectivity index (χ4v) is 1.51. The Morgan fingerprint density at radius 2 is 2.40 bits per heavy atom. The van der Waals surface area contributed by atoms with Gasteiger partial charge in [0.1, 0.15) is 0 Å². The number of aromatic nitrogens is 1. The minimum absolute atomic E-state index is 0.0468. The molecule has 1 unspecified atom stereocenters. The van der Waals surface area contributed by atoms with E-state index in [1.165, 1.54) is 5.57 Å². The van der Waals surface area contributed by atoms with E-state index in [-0.39, 0.29) is 6.04 Å². The molecule has 82 valence electrons. The zero-order chi connectivity index (χ0) is 11.3. The van der Waals surface area contributed by atoms with Crippen LogP contribution in [0.5, 0.6) is 0 Å². The lowest BCUT2D eigenvalue weighted by molar-refractivity contribution is 0.531. The van der Waals surface area contributed by atoms with E-state index >= 15 is 0 Å². The van der Waals surface area contributed by atoms with Crippen LogP contribution in [0.4, 0.5) is 0 Å². The van der Waals surface area contributed by atoms with Crippen LogP contribution in [-0.4, -0.2) is 4.98 Å². The van der Waals surface area contributed by atoms with E-state index in [1.807, 2.05) is 12.1 Å². The van der Waals surface area contributed by atoms with Gasteiger partial charge in [0.25, 0.3) is 0 Å². The highest BCUT2D eigenvalue weighted by Gasteiger charge is 2.11. The normalized spacial score (nSPS) is 12.5. The van der Waals surface area contributed by atoms with E-state index in [0.717, 1.165) is 23.0 Å². The van der Waals surface area contributed by atoms with Gasteiger partial charge in [-0.05, 0) is 40.9 Å². The Bertz CT molecular complexity index is 321. The third kappa shape index (κ3) is 3.74. The quantitative estimate of drug-likeness (QED) is 0.491. The van der Waals surface area contributed by atoms with Crippen LogP contribution < -0.4 is 11.3 Å². The van der Waals surface area contributed by atoms with Crippen LogP contribution in [-0.2, 0) is 0 Å². The summed E-state index contributed by atoms with van der Waals surface area (Å²) in [5.74, 6) is 5.50. The zero-order valence-electron chi connectivity index (χ0n) is 8.83. The van der Waals surface area contributed by atoms with Crippen LogP contribution in [0.25, 0.3) is 0 Å². The summed E-state index contributed by atoms with van der Waals surface area (Å²) < 4.78 is 0.969. The Hall–Kier alpha value is -0.710. The maximum absolute atomic E-state index is 5.50. The molecule has 0 aliphatic rings. The van der Waals surface area contributed by atoms with Crippen molar-refractivity contribution in [3.63, 3.8) is 0 Å². The molecule has 15 heavy (non-hydrogen) atoms. The van der Waals surface area contributed by atoms with E-state index in [1.54, 1.807) is 6.20 Å². The fraction of sp³-hybridized carbons (Fsp3) is 0.364. The molecular weight excluding hydrogens is 254 g/mol. The number of halogens is 1. The highest BCUT2D eigenvalue weighted by molar-refractivity contribution is 9.10. The van der Waals surface area contributed by atoms with Crippen molar-refractivity contribution < 1.29 is 0 Å². The first-order valence-corrected chi connectivity index (χ1v) is 5.71. The average molecular weight is 270 g/mol. The van der Waals surface area contributed by atoms with Crippen molar-refractivity contribution in [1.29, 1.82) is 0 Å². The molecule has 0 aliphatic carbocycles. The van der Waals surface area contributed by atoms with Gasteiger partial charge in [0.2, 0.25) is 0 Å². The third-order valence-electron chi connectivity index (χ3n) is 2.30. The van der Waals surface area contributed by atoms with E-state index in [0.29, 0.717) is 0 Å². The molecule has 0 spiro atoms. The van der Waals surface area contributed by atoms with Crippen molar-refractivity contribution in [3.8, 4) is 0 Å². The van der Waals surface area contributed by atoms with Gasteiger partial charge >= 0.3 is 0 Å². The third-order valence-corrected chi connectivity index (χ3v) is 2.77. The fourth-order valence-electron chi connectivity index (χ4n) is 1.28. The van der Waals surface area contributed by atoms with Crippen LogP contribution in [0, 0.1) is 0 Å². The molecule has 1 heterocycles. The number of hydrogen-bond acceptors (Lipinski definition) is 3. The summed E-state index contributed by atoms with van der Waals surface area (Å²) in [5, 5.41) is 0. The number of rotatable bonds is 5. The Morgan fingerprint density at radius 1 is 1.67 bits per heavy atom. The molecule has 4 heteroatoms. The first kappa shape index (κ1) is 12.4. The lowest BCUT2D eigenvalue weighted by Crippen LogP contribution is -2.28. The highest BCUT2D eigenvalue weighted by Crippen LogP contribution is 2.20. The SMILES string of the molecule is C=C(CC)CC(NN)c1ccc(Br)cn1. The van der Waals surface area contributed by atoms with Crippen molar-refractivity contribution in [1.82, 2.24) is 10.4 Å². The molecule has 1 aromatic heterocycles. The van der Waals surface area contributed by atoms with Crippen LogP contribution in [0.15, 0.2) is 35.0 Å². The molecule has 0 saturated carbocycles. The van der Waals surface area contributed by atoms with Crippen molar-refractivity contribution in [3.05, 3.63) is 40.6 Å². The largest absolute Gasteiger partial charge is 0.271 e. The van der Waals surface area contributed by atoms with Crippen LogP contribution in [0.3, 0.4) is 0 Å². The predicted octanol–water partition coefficient (Wildman–Crippen LogP) is 2.70. The maximum atomic E-state index is 5.50. The van der Waals surface area contributed by atoms with Gasteiger partial charge in [0.05, 0.1) is 11.7 Å². The predicted molar refractivity (Wildman–Crippen MR) is 66.0 cm³/mol. The van der Waals surface area contributed by atoms with Crippen LogP contribution >= 0.6 is 15.9 Å². The Balaban J connectivity index is 2.74. The van der Waals surface area contributed by atoms with Crippen molar-refractivity contribution >= 4 is 15.9 Å². The summed E-state index contributed by atoms with van der Waals surface area (Å²) in [5.41, 5.74) is 4.87. The number of hydrazine groups is 1. The van der Waals surface area contributed by atoms with Gasteiger partial charge in [0, 0.05) is 10.7 Å². The number of nitrogens with zero attached hydrogens (tertiary/aromatic N) is 1. The first-order valence-electron chi connectivity index (χ1n) is 4.91. The standard InChI is InChI=1S/C11H16BrN3/c1-3-8(2)6-11(15-13)10-5-4-9(12)7-14-10/h4-5,7,11,15H,2-3,6,13H2,1H3. The molecule has 1 rings (SSSR count). The van der Waals surface area contributed by atoms with Crippen molar-refractivity contribution in [2.45, 2.75) is 25.8 Å². The lowest BCUT2D eigenvalue weighted by atomic mass is 10.0. The smallest absolute Gasteiger partial charge is 0.0669 e. The van der Waals surface area contributed by atoms with Gasteiger partial charge in [-0.25, -0.2) is 0 Å².